The van der Waals surface area contributed by atoms with Crippen molar-refractivity contribution in [1.82, 2.24) is 0 Å². The summed E-state index contributed by atoms with van der Waals surface area (Å²) in [5.74, 6) is 5.17. The molecule has 1 heteroatoms. The molecule has 31 heavy (non-hydrogen) atoms. The fraction of sp³-hybridized carbons (Fsp3) is 0.867. The molecule has 4 rings (SSSR count). The number of fused-ring (bicyclic) bond motifs is 5. The van der Waals surface area contributed by atoms with E-state index < -0.39 is 0 Å². The summed E-state index contributed by atoms with van der Waals surface area (Å²) < 4.78 is 0. The molecular weight excluding hydrogens is 376 g/mol. The third kappa shape index (κ3) is 3.79. The average molecular weight is 427 g/mol. The molecule has 0 aromatic rings. The summed E-state index contributed by atoms with van der Waals surface area (Å²) in [6.45, 7) is 18.9. The summed E-state index contributed by atoms with van der Waals surface area (Å²) in [6.07, 6.45) is 15.7. The Bertz CT molecular complexity index is 705. The Kier molecular flexibility index (Phi) is 6.59. The van der Waals surface area contributed by atoms with Crippen molar-refractivity contribution < 1.29 is 5.11 Å². The molecule has 0 bridgehead atoms. The van der Waals surface area contributed by atoms with Crippen LogP contribution >= 0.6 is 0 Å². The van der Waals surface area contributed by atoms with Gasteiger partial charge in [0.25, 0.3) is 0 Å². The Morgan fingerprint density at radius 3 is 2.45 bits per heavy atom. The first kappa shape index (κ1) is 23.6. The van der Waals surface area contributed by atoms with Crippen molar-refractivity contribution in [2.24, 2.45) is 52.3 Å². The predicted molar refractivity (Wildman–Crippen MR) is 133 cm³/mol. The lowest BCUT2D eigenvalue weighted by atomic mass is 9.46. The van der Waals surface area contributed by atoms with E-state index in [0.717, 1.165) is 30.1 Å². The van der Waals surface area contributed by atoms with Crippen LogP contribution in [0.5, 0.6) is 0 Å². The van der Waals surface area contributed by atoms with Crippen molar-refractivity contribution in [1.29, 1.82) is 0 Å². The van der Waals surface area contributed by atoms with Crippen molar-refractivity contribution in [2.75, 3.05) is 0 Å². The Hall–Kier alpha value is -0.560. The van der Waals surface area contributed by atoms with Gasteiger partial charge in [0.2, 0.25) is 0 Å². The molecule has 1 nitrogen and oxygen atoms in total. The van der Waals surface area contributed by atoms with Gasteiger partial charge in [-0.15, -0.1) is 0 Å². The van der Waals surface area contributed by atoms with Crippen LogP contribution < -0.4 is 0 Å². The second-order valence-corrected chi connectivity index (χ2v) is 12.9. The van der Waals surface area contributed by atoms with E-state index in [4.69, 9.17) is 0 Å². The maximum atomic E-state index is 10.5. The van der Waals surface area contributed by atoms with Crippen molar-refractivity contribution >= 4 is 0 Å². The molecule has 4 aliphatic rings. The van der Waals surface area contributed by atoms with Crippen molar-refractivity contribution in [2.45, 2.75) is 112 Å². The van der Waals surface area contributed by atoms with Gasteiger partial charge in [-0.05, 0) is 123 Å². The van der Waals surface area contributed by atoms with Crippen LogP contribution in [-0.2, 0) is 0 Å². The predicted octanol–water partition coefficient (Wildman–Crippen LogP) is 8.19. The van der Waals surface area contributed by atoms with Gasteiger partial charge < -0.3 is 5.11 Å². The van der Waals surface area contributed by atoms with Crippen LogP contribution in [0.25, 0.3) is 0 Å². The molecule has 0 aromatic heterocycles. The van der Waals surface area contributed by atoms with Crippen LogP contribution in [0.2, 0.25) is 0 Å². The quantitative estimate of drug-likeness (QED) is 0.424. The van der Waals surface area contributed by atoms with Crippen LogP contribution in [0.1, 0.15) is 106 Å². The van der Waals surface area contributed by atoms with Crippen LogP contribution in [-0.4, -0.2) is 11.2 Å². The third-order valence-corrected chi connectivity index (χ3v) is 11.5. The molecule has 0 spiro atoms. The normalized spacial score (nSPS) is 46.4. The zero-order chi connectivity index (χ0) is 22.6. The van der Waals surface area contributed by atoms with Crippen LogP contribution in [0.4, 0.5) is 0 Å². The van der Waals surface area contributed by atoms with Gasteiger partial charge in [-0.2, -0.15) is 0 Å². The number of hydrogen-bond donors (Lipinski definition) is 1. The van der Waals surface area contributed by atoms with E-state index in [9.17, 15) is 5.11 Å². The number of hydrogen-bond acceptors (Lipinski definition) is 1. The zero-order valence-electron chi connectivity index (χ0n) is 21.4. The highest BCUT2D eigenvalue weighted by Crippen LogP contribution is 2.67. The molecule has 10 atom stereocenters. The summed E-state index contributed by atoms with van der Waals surface area (Å²) in [5, 5.41) is 10.5. The summed E-state index contributed by atoms with van der Waals surface area (Å²) >= 11 is 0. The van der Waals surface area contributed by atoms with E-state index in [1.54, 1.807) is 0 Å². The fourth-order valence-electron chi connectivity index (χ4n) is 9.39. The van der Waals surface area contributed by atoms with Gasteiger partial charge in [-0.3, -0.25) is 0 Å². The van der Waals surface area contributed by atoms with Crippen LogP contribution in [0, 0.1) is 52.3 Å². The molecule has 1 N–H and O–H groups in total. The first-order valence-electron chi connectivity index (χ1n) is 13.7. The van der Waals surface area contributed by atoms with Gasteiger partial charge in [-0.25, -0.2) is 0 Å². The lowest BCUT2D eigenvalue weighted by molar-refractivity contribution is -0.0773. The van der Waals surface area contributed by atoms with E-state index in [1.807, 2.05) is 5.57 Å². The van der Waals surface area contributed by atoms with Gasteiger partial charge in [0.05, 0.1) is 6.10 Å². The average Bonchev–Trinajstić information content (AvgIpc) is 3.08. The first-order valence-corrected chi connectivity index (χ1v) is 13.7. The lowest BCUT2D eigenvalue weighted by Crippen LogP contribution is -2.52. The largest absolute Gasteiger partial charge is 0.393 e. The van der Waals surface area contributed by atoms with Gasteiger partial charge in [0, 0.05) is 0 Å². The minimum Gasteiger partial charge on any atom is -0.393 e. The van der Waals surface area contributed by atoms with E-state index in [-0.39, 0.29) is 6.10 Å². The number of aliphatic hydroxyl groups excluding tert-OH is 1. The number of allylic oxidation sites excluding steroid dienone is 3. The van der Waals surface area contributed by atoms with E-state index in [1.165, 1.54) is 63.4 Å². The Balaban J connectivity index is 1.51. The highest BCUT2D eigenvalue weighted by atomic mass is 16.3. The van der Waals surface area contributed by atoms with E-state index >= 15 is 0 Å². The summed E-state index contributed by atoms with van der Waals surface area (Å²) in [7, 11) is 0. The van der Waals surface area contributed by atoms with Crippen LogP contribution in [0.3, 0.4) is 0 Å². The summed E-state index contributed by atoms with van der Waals surface area (Å²) in [6, 6.07) is 0. The standard InChI is InChI=1S/C30H50O/c1-8-22(19(2)3)10-9-20(4)24-13-14-26-23-11-12-25-21(5)28(31)16-18-30(25,7)27(23)15-17-29(24,26)6/h11,20-22,24-28,31H,2,8-10,12-18H2,1,3-7H3/t20-,21+,22?,24-,25+,26+,27+,28+,29-,30+/m1/s1. The molecule has 1 unspecified atom stereocenters. The summed E-state index contributed by atoms with van der Waals surface area (Å²) in [5.41, 5.74) is 4.17. The highest BCUT2D eigenvalue weighted by Gasteiger charge is 2.59. The molecule has 3 saturated carbocycles. The molecule has 4 aliphatic carbocycles. The Morgan fingerprint density at radius 1 is 1.10 bits per heavy atom. The maximum Gasteiger partial charge on any atom is 0.0568 e. The molecule has 0 saturated heterocycles. The summed E-state index contributed by atoms with van der Waals surface area (Å²) in [4.78, 5) is 0. The monoisotopic (exact) mass is 426 g/mol. The molecule has 0 aliphatic heterocycles. The topological polar surface area (TPSA) is 20.2 Å². The third-order valence-electron chi connectivity index (χ3n) is 11.5. The minimum absolute atomic E-state index is 0.0789. The molecule has 0 amide bonds. The molecule has 0 aromatic carbocycles. The SMILES string of the molecule is C=C(C)C(CC)CC[C@@H](C)[C@H]1CC[C@H]2C3=CC[C@H]4[C@H](C)[C@@H](O)CC[C@]4(C)[C@H]3CC[C@]12C. The Morgan fingerprint density at radius 2 is 1.77 bits per heavy atom. The van der Waals surface area contributed by atoms with E-state index in [0.29, 0.717) is 28.6 Å². The molecular formula is C30H50O. The van der Waals surface area contributed by atoms with Crippen LogP contribution in [0.15, 0.2) is 23.8 Å². The fourth-order valence-corrected chi connectivity index (χ4v) is 9.39. The van der Waals surface area contributed by atoms with Gasteiger partial charge >= 0.3 is 0 Å². The van der Waals surface area contributed by atoms with Crippen molar-refractivity contribution in [3.63, 3.8) is 0 Å². The molecule has 3 fully saturated rings. The maximum absolute atomic E-state index is 10.5. The van der Waals surface area contributed by atoms with Gasteiger partial charge in [0.15, 0.2) is 0 Å². The van der Waals surface area contributed by atoms with Crippen molar-refractivity contribution in [3.8, 4) is 0 Å². The second-order valence-electron chi connectivity index (χ2n) is 12.9. The minimum atomic E-state index is -0.0789. The first-order chi connectivity index (χ1) is 14.6. The molecule has 0 radical (unpaired) electrons. The number of aliphatic hydroxyl groups is 1. The Labute approximate surface area is 193 Å². The van der Waals surface area contributed by atoms with Crippen molar-refractivity contribution in [3.05, 3.63) is 23.8 Å². The van der Waals surface area contributed by atoms with E-state index in [2.05, 4.69) is 54.2 Å². The highest BCUT2D eigenvalue weighted by molar-refractivity contribution is 5.28. The lowest BCUT2D eigenvalue weighted by Gasteiger charge is -2.59. The smallest absolute Gasteiger partial charge is 0.0568 e. The van der Waals surface area contributed by atoms with Gasteiger partial charge in [-0.1, -0.05) is 58.4 Å². The molecule has 176 valence electrons. The molecule has 0 heterocycles. The van der Waals surface area contributed by atoms with Gasteiger partial charge in [0.1, 0.15) is 0 Å². The zero-order valence-corrected chi connectivity index (χ0v) is 21.4. The second kappa shape index (κ2) is 8.66. The number of rotatable bonds is 6.